The van der Waals surface area contributed by atoms with Gasteiger partial charge in [-0.05, 0) is 39.7 Å². The number of nitrogens with zero attached hydrogens (tertiary/aromatic N) is 2. The first-order valence-electron chi connectivity index (χ1n) is 8.93. The first kappa shape index (κ1) is 21.0. The Balaban J connectivity index is 2.38. The van der Waals surface area contributed by atoms with E-state index in [1.807, 2.05) is 20.8 Å². The second-order valence-electron chi connectivity index (χ2n) is 7.51. The summed E-state index contributed by atoms with van der Waals surface area (Å²) in [4.78, 5) is 41.0. The van der Waals surface area contributed by atoms with Crippen LogP contribution in [0.15, 0.2) is 6.07 Å². The van der Waals surface area contributed by atoms with E-state index < -0.39 is 5.97 Å². The minimum Gasteiger partial charge on any atom is -0.465 e. The molecule has 2 rings (SSSR count). The molecule has 0 radical (unpaired) electrons. The lowest BCUT2D eigenvalue weighted by atomic mass is 9.98. The molecule has 0 atom stereocenters. The van der Waals surface area contributed by atoms with Crippen molar-refractivity contribution in [3.8, 4) is 11.8 Å². The standard InChI is InChI=1S/C20H26N2O4S/c1-14(23)22(13-17(24)21-10-6-7-11-21)16-12-15(8-9-20(2,3)4)27-18(16)19(25)26-5/h12H,6-7,10-11,13H2,1-5H3. The van der Waals surface area contributed by atoms with Crippen molar-refractivity contribution in [2.24, 2.45) is 5.41 Å². The number of amides is 2. The molecule has 0 spiro atoms. The van der Waals surface area contributed by atoms with Gasteiger partial charge in [0.15, 0.2) is 0 Å². The van der Waals surface area contributed by atoms with Gasteiger partial charge in [0.1, 0.15) is 11.4 Å². The lowest BCUT2D eigenvalue weighted by molar-refractivity contribution is -0.130. The van der Waals surface area contributed by atoms with Gasteiger partial charge in [-0.1, -0.05) is 11.8 Å². The summed E-state index contributed by atoms with van der Waals surface area (Å²) >= 11 is 1.17. The number of rotatable bonds is 4. The van der Waals surface area contributed by atoms with Crippen LogP contribution in [0, 0.1) is 17.3 Å². The van der Waals surface area contributed by atoms with Crippen molar-refractivity contribution in [1.29, 1.82) is 0 Å². The molecule has 27 heavy (non-hydrogen) atoms. The maximum absolute atomic E-state index is 12.5. The molecule has 1 aliphatic heterocycles. The van der Waals surface area contributed by atoms with Crippen molar-refractivity contribution in [1.82, 2.24) is 4.90 Å². The molecule has 1 saturated heterocycles. The van der Waals surface area contributed by atoms with Gasteiger partial charge in [0, 0.05) is 25.4 Å². The van der Waals surface area contributed by atoms with Crippen LogP contribution in [-0.2, 0) is 14.3 Å². The smallest absolute Gasteiger partial charge is 0.350 e. The largest absolute Gasteiger partial charge is 0.465 e. The average molecular weight is 391 g/mol. The van der Waals surface area contributed by atoms with E-state index in [4.69, 9.17) is 4.74 Å². The highest BCUT2D eigenvalue weighted by Gasteiger charge is 2.28. The fourth-order valence-corrected chi connectivity index (χ4v) is 3.63. The van der Waals surface area contributed by atoms with Crippen LogP contribution in [0.3, 0.4) is 0 Å². The van der Waals surface area contributed by atoms with Crippen LogP contribution in [-0.4, -0.2) is 49.4 Å². The molecule has 0 saturated carbocycles. The van der Waals surface area contributed by atoms with Gasteiger partial charge < -0.3 is 14.5 Å². The number of ether oxygens (including phenoxy) is 1. The highest BCUT2D eigenvalue weighted by Crippen LogP contribution is 2.31. The number of carbonyl (C=O) groups excluding carboxylic acids is 3. The summed E-state index contributed by atoms with van der Waals surface area (Å²) in [6.07, 6.45) is 1.95. The Hall–Kier alpha value is -2.33. The zero-order valence-electron chi connectivity index (χ0n) is 16.5. The van der Waals surface area contributed by atoms with E-state index in [1.165, 1.54) is 30.3 Å². The van der Waals surface area contributed by atoms with Crippen molar-refractivity contribution in [3.05, 3.63) is 15.8 Å². The van der Waals surface area contributed by atoms with E-state index in [1.54, 1.807) is 11.0 Å². The maximum Gasteiger partial charge on any atom is 0.350 e. The van der Waals surface area contributed by atoms with Crippen molar-refractivity contribution in [3.63, 3.8) is 0 Å². The number of hydrogen-bond acceptors (Lipinski definition) is 5. The van der Waals surface area contributed by atoms with E-state index in [0.717, 1.165) is 12.8 Å². The molecule has 0 aliphatic carbocycles. The molecule has 1 aromatic heterocycles. The van der Waals surface area contributed by atoms with Gasteiger partial charge in [-0.25, -0.2) is 4.79 Å². The van der Waals surface area contributed by atoms with Crippen molar-refractivity contribution in [2.75, 3.05) is 31.6 Å². The minimum atomic E-state index is -0.543. The SMILES string of the molecule is COC(=O)c1sc(C#CC(C)(C)C)cc1N(CC(=O)N1CCCC1)C(C)=O. The number of thiophene rings is 1. The first-order chi connectivity index (χ1) is 12.6. The lowest BCUT2D eigenvalue weighted by Gasteiger charge is -2.23. The van der Waals surface area contributed by atoms with Gasteiger partial charge in [0.25, 0.3) is 0 Å². The molecule has 0 unspecified atom stereocenters. The van der Waals surface area contributed by atoms with Crippen molar-refractivity contribution in [2.45, 2.75) is 40.5 Å². The van der Waals surface area contributed by atoms with Gasteiger partial charge >= 0.3 is 5.97 Å². The van der Waals surface area contributed by atoms with E-state index in [0.29, 0.717) is 23.7 Å². The third kappa shape index (κ3) is 5.57. The molecule has 0 bridgehead atoms. The van der Waals surface area contributed by atoms with Gasteiger partial charge in [-0.15, -0.1) is 11.3 Å². The summed E-state index contributed by atoms with van der Waals surface area (Å²) in [5.41, 5.74) is 0.187. The lowest BCUT2D eigenvalue weighted by Crippen LogP contribution is -2.41. The predicted octanol–water partition coefficient (Wildman–Crippen LogP) is 2.91. The number of methoxy groups -OCH3 is 1. The highest BCUT2D eigenvalue weighted by atomic mass is 32.1. The molecule has 6 nitrogen and oxygen atoms in total. The Morgan fingerprint density at radius 3 is 2.41 bits per heavy atom. The molecule has 0 N–H and O–H groups in total. The molecule has 2 amide bonds. The fourth-order valence-electron chi connectivity index (χ4n) is 2.70. The Labute approximate surface area is 164 Å². The molecule has 1 aromatic rings. The van der Waals surface area contributed by atoms with Gasteiger partial charge in [-0.2, -0.15) is 0 Å². The van der Waals surface area contributed by atoms with Crippen LogP contribution in [0.25, 0.3) is 0 Å². The topological polar surface area (TPSA) is 66.9 Å². The number of anilines is 1. The predicted molar refractivity (Wildman–Crippen MR) is 106 cm³/mol. The number of hydrogen-bond donors (Lipinski definition) is 0. The Morgan fingerprint density at radius 2 is 1.89 bits per heavy atom. The highest BCUT2D eigenvalue weighted by molar-refractivity contribution is 7.15. The van der Waals surface area contributed by atoms with Crippen LogP contribution in [0.2, 0.25) is 0 Å². The van der Waals surface area contributed by atoms with E-state index >= 15 is 0 Å². The van der Waals surface area contributed by atoms with Crippen LogP contribution in [0.1, 0.15) is 55.1 Å². The monoisotopic (exact) mass is 390 g/mol. The Bertz CT molecular complexity index is 789. The van der Waals surface area contributed by atoms with Crippen LogP contribution < -0.4 is 4.90 Å². The Morgan fingerprint density at radius 1 is 1.26 bits per heavy atom. The van der Waals surface area contributed by atoms with Crippen molar-refractivity contribution < 1.29 is 19.1 Å². The fraction of sp³-hybridized carbons (Fsp3) is 0.550. The number of esters is 1. The van der Waals surface area contributed by atoms with E-state index in [9.17, 15) is 14.4 Å². The normalized spacial score (nSPS) is 13.7. The van der Waals surface area contributed by atoms with E-state index in [-0.39, 0.29) is 28.7 Å². The van der Waals surface area contributed by atoms with Crippen LogP contribution in [0.4, 0.5) is 5.69 Å². The van der Waals surface area contributed by atoms with Crippen LogP contribution in [0.5, 0.6) is 0 Å². The maximum atomic E-state index is 12.5. The summed E-state index contributed by atoms with van der Waals surface area (Å²) in [6, 6.07) is 1.69. The van der Waals surface area contributed by atoms with Gasteiger partial charge in [-0.3, -0.25) is 9.59 Å². The molecule has 2 heterocycles. The first-order valence-corrected chi connectivity index (χ1v) is 9.75. The summed E-state index contributed by atoms with van der Waals surface area (Å²) in [7, 11) is 1.29. The van der Waals surface area contributed by atoms with Gasteiger partial charge in [0.05, 0.1) is 17.7 Å². The van der Waals surface area contributed by atoms with E-state index in [2.05, 4.69) is 11.8 Å². The average Bonchev–Trinajstić information content (AvgIpc) is 3.25. The molecule has 1 aliphatic rings. The molecule has 7 heteroatoms. The summed E-state index contributed by atoms with van der Waals surface area (Å²) in [5, 5.41) is 0. The molecule has 146 valence electrons. The second kappa shape index (κ2) is 8.57. The third-order valence-electron chi connectivity index (χ3n) is 4.07. The second-order valence-corrected chi connectivity index (χ2v) is 8.56. The molecule has 1 fully saturated rings. The third-order valence-corrected chi connectivity index (χ3v) is 5.09. The molecular formula is C20H26N2O4S. The summed E-state index contributed by atoms with van der Waals surface area (Å²) in [5.74, 6) is 5.21. The quantitative estimate of drug-likeness (QED) is 0.586. The number of carbonyl (C=O) groups is 3. The minimum absolute atomic E-state index is 0.0950. The Kier molecular flexibility index (Phi) is 6.66. The summed E-state index contributed by atoms with van der Waals surface area (Å²) in [6.45, 7) is 8.68. The molecule has 0 aromatic carbocycles. The molecular weight excluding hydrogens is 364 g/mol. The number of likely N-dealkylation sites (tertiary alicyclic amines) is 1. The zero-order chi connectivity index (χ0) is 20.2. The van der Waals surface area contributed by atoms with Crippen molar-refractivity contribution >= 4 is 34.8 Å². The summed E-state index contributed by atoms with van der Waals surface area (Å²) < 4.78 is 4.86. The zero-order valence-corrected chi connectivity index (χ0v) is 17.4. The van der Waals surface area contributed by atoms with Crippen LogP contribution >= 0.6 is 11.3 Å². The van der Waals surface area contributed by atoms with Gasteiger partial charge in [0.2, 0.25) is 11.8 Å².